The quantitative estimate of drug-likeness (QED) is 0.696. The van der Waals surface area contributed by atoms with E-state index in [0.29, 0.717) is 11.7 Å². The normalized spacial score (nSPS) is 13.9. The number of nitrogens with one attached hydrogen (secondary N) is 2. The summed E-state index contributed by atoms with van der Waals surface area (Å²) in [4.78, 5) is 11.7. The molecule has 1 saturated carbocycles. The molecular formula is C14H15BrN4OS2. The van der Waals surface area contributed by atoms with Gasteiger partial charge in [-0.3, -0.25) is 4.79 Å². The van der Waals surface area contributed by atoms with E-state index in [-0.39, 0.29) is 5.91 Å². The first-order valence-electron chi connectivity index (χ1n) is 6.94. The molecule has 1 aromatic carbocycles. The lowest BCUT2D eigenvalue weighted by molar-refractivity contribution is -0.118. The molecule has 3 rings (SSSR count). The fraction of sp³-hybridized carbons (Fsp3) is 0.357. The molecule has 2 N–H and O–H groups in total. The van der Waals surface area contributed by atoms with Gasteiger partial charge in [-0.05, 0) is 37.0 Å². The molecule has 0 atom stereocenters. The zero-order valence-electron chi connectivity index (χ0n) is 11.7. The SMILES string of the molecule is O=C(CSc1nnc(Nc2cccc(Br)c2)s1)NCC1CC1. The van der Waals surface area contributed by atoms with Gasteiger partial charge < -0.3 is 10.6 Å². The van der Waals surface area contributed by atoms with Gasteiger partial charge in [0.15, 0.2) is 4.34 Å². The van der Waals surface area contributed by atoms with E-state index in [1.165, 1.54) is 35.9 Å². The van der Waals surface area contributed by atoms with Gasteiger partial charge in [0.2, 0.25) is 11.0 Å². The van der Waals surface area contributed by atoms with Gasteiger partial charge in [-0.25, -0.2) is 0 Å². The molecule has 1 aliphatic rings. The number of aromatic nitrogens is 2. The van der Waals surface area contributed by atoms with Gasteiger partial charge in [0, 0.05) is 16.7 Å². The Morgan fingerprint density at radius 2 is 2.27 bits per heavy atom. The molecule has 0 radical (unpaired) electrons. The highest BCUT2D eigenvalue weighted by Crippen LogP contribution is 2.29. The summed E-state index contributed by atoms with van der Waals surface area (Å²) in [5, 5.41) is 15.1. The summed E-state index contributed by atoms with van der Waals surface area (Å²) < 4.78 is 1.79. The molecule has 1 aliphatic carbocycles. The van der Waals surface area contributed by atoms with Crippen LogP contribution in [0.4, 0.5) is 10.8 Å². The summed E-state index contributed by atoms with van der Waals surface area (Å²) in [5.74, 6) is 1.16. The van der Waals surface area contributed by atoms with Crippen molar-refractivity contribution in [3.05, 3.63) is 28.7 Å². The Balaban J connectivity index is 1.47. The average Bonchev–Trinajstić information content (AvgIpc) is 3.23. The predicted octanol–water partition coefficient (Wildman–Crippen LogP) is 3.66. The van der Waals surface area contributed by atoms with Crippen molar-refractivity contribution in [1.29, 1.82) is 0 Å². The van der Waals surface area contributed by atoms with Gasteiger partial charge in [0.1, 0.15) is 0 Å². The molecule has 1 amide bonds. The van der Waals surface area contributed by atoms with Crippen LogP contribution in [0.5, 0.6) is 0 Å². The third-order valence-electron chi connectivity index (χ3n) is 3.09. The minimum Gasteiger partial charge on any atom is -0.355 e. The van der Waals surface area contributed by atoms with Crippen molar-refractivity contribution >= 4 is 55.8 Å². The van der Waals surface area contributed by atoms with Crippen LogP contribution >= 0.6 is 39.0 Å². The number of halogens is 1. The van der Waals surface area contributed by atoms with E-state index >= 15 is 0 Å². The van der Waals surface area contributed by atoms with Crippen LogP contribution in [0.3, 0.4) is 0 Å². The van der Waals surface area contributed by atoms with Crippen molar-refractivity contribution in [2.24, 2.45) is 5.92 Å². The summed E-state index contributed by atoms with van der Waals surface area (Å²) in [5.41, 5.74) is 0.948. The summed E-state index contributed by atoms with van der Waals surface area (Å²) in [6, 6.07) is 7.85. The molecule has 0 spiro atoms. The minimum atomic E-state index is 0.0635. The Hall–Kier alpha value is -1.12. The van der Waals surface area contributed by atoms with Crippen LogP contribution in [0.2, 0.25) is 0 Å². The van der Waals surface area contributed by atoms with E-state index in [2.05, 4.69) is 36.8 Å². The van der Waals surface area contributed by atoms with Crippen LogP contribution in [-0.4, -0.2) is 28.4 Å². The fourth-order valence-electron chi connectivity index (χ4n) is 1.77. The van der Waals surface area contributed by atoms with Crippen LogP contribution in [0.15, 0.2) is 33.1 Å². The molecule has 1 fully saturated rings. The maximum Gasteiger partial charge on any atom is 0.230 e. The lowest BCUT2D eigenvalue weighted by Gasteiger charge is -2.02. The standard InChI is InChI=1S/C14H15BrN4OS2/c15-10-2-1-3-11(6-10)17-13-18-19-14(22-13)21-8-12(20)16-7-9-4-5-9/h1-3,6,9H,4-5,7-8H2,(H,16,20)(H,17,18). The zero-order valence-corrected chi connectivity index (χ0v) is 14.9. The Kier molecular flexibility index (Phi) is 5.32. The molecule has 0 aliphatic heterocycles. The third kappa shape index (κ3) is 4.96. The average molecular weight is 399 g/mol. The monoisotopic (exact) mass is 398 g/mol. The summed E-state index contributed by atoms with van der Waals surface area (Å²) in [6.45, 7) is 0.811. The van der Waals surface area contributed by atoms with E-state index < -0.39 is 0 Å². The van der Waals surface area contributed by atoms with E-state index in [4.69, 9.17) is 0 Å². The van der Waals surface area contributed by atoms with Crippen LogP contribution in [-0.2, 0) is 4.79 Å². The molecule has 8 heteroatoms. The predicted molar refractivity (Wildman–Crippen MR) is 93.8 cm³/mol. The van der Waals surface area contributed by atoms with E-state index in [9.17, 15) is 4.79 Å². The molecular weight excluding hydrogens is 384 g/mol. The Morgan fingerprint density at radius 1 is 1.41 bits per heavy atom. The van der Waals surface area contributed by atoms with Crippen molar-refractivity contribution in [3.8, 4) is 0 Å². The molecule has 0 bridgehead atoms. The summed E-state index contributed by atoms with van der Waals surface area (Å²) in [6.07, 6.45) is 2.49. The summed E-state index contributed by atoms with van der Waals surface area (Å²) >= 11 is 6.29. The number of carbonyl (C=O) groups is 1. The molecule has 116 valence electrons. The second kappa shape index (κ2) is 7.43. The van der Waals surface area contributed by atoms with E-state index in [1.54, 1.807) is 0 Å². The number of hydrogen-bond acceptors (Lipinski definition) is 6. The highest BCUT2D eigenvalue weighted by atomic mass is 79.9. The second-order valence-electron chi connectivity index (χ2n) is 5.04. The first-order chi connectivity index (χ1) is 10.7. The van der Waals surface area contributed by atoms with E-state index in [0.717, 1.165) is 26.2 Å². The largest absolute Gasteiger partial charge is 0.355 e. The first-order valence-corrected chi connectivity index (χ1v) is 9.54. The smallest absolute Gasteiger partial charge is 0.230 e. The van der Waals surface area contributed by atoms with Gasteiger partial charge in [-0.15, -0.1) is 10.2 Å². The maximum atomic E-state index is 11.7. The highest BCUT2D eigenvalue weighted by molar-refractivity contribution is 9.10. The number of rotatable bonds is 7. The molecule has 0 saturated heterocycles. The minimum absolute atomic E-state index is 0.0635. The van der Waals surface area contributed by atoms with Crippen LogP contribution in [0, 0.1) is 5.92 Å². The van der Waals surface area contributed by atoms with Crippen molar-refractivity contribution in [1.82, 2.24) is 15.5 Å². The Labute approximate surface area is 145 Å². The summed E-state index contributed by atoms with van der Waals surface area (Å²) in [7, 11) is 0. The van der Waals surface area contributed by atoms with Crippen molar-refractivity contribution in [2.45, 2.75) is 17.2 Å². The van der Waals surface area contributed by atoms with Crippen molar-refractivity contribution < 1.29 is 4.79 Å². The first kappa shape index (κ1) is 15.8. The maximum absolute atomic E-state index is 11.7. The van der Waals surface area contributed by atoms with Gasteiger partial charge >= 0.3 is 0 Å². The van der Waals surface area contributed by atoms with Crippen LogP contribution in [0.25, 0.3) is 0 Å². The number of carbonyl (C=O) groups excluding carboxylic acids is 1. The number of amides is 1. The van der Waals surface area contributed by atoms with Gasteiger partial charge in [-0.2, -0.15) is 0 Å². The highest BCUT2D eigenvalue weighted by Gasteiger charge is 2.21. The Morgan fingerprint density at radius 3 is 3.05 bits per heavy atom. The van der Waals surface area contributed by atoms with Crippen LogP contribution in [0.1, 0.15) is 12.8 Å². The topological polar surface area (TPSA) is 66.9 Å². The Bertz CT molecular complexity index is 660. The van der Waals surface area contributed by atoms with E-state index in [1.807, 2.05) is 24.3 Å². The lowest BCUT2D eigenvalue weighted by Crippen LogP contribution is -2.27. The molecule has 22 heavy (non-hydrogen) atoms. The molecule has 0 unspecified atom stereocenters. The molecule has 2 aromatic rings. The second-order valence-corrected chi connectivity index (χ2v) is 8.16. The number of benzene rings is 1. The zero-order chi connectivity index (χ0) is 15.4. The molecule has 1 aromatic heterocycles. The fourth-order valence-corrected chi connectivity index (χ4v) is 3.77. The third-order valence-corrected chi connectivity index (χ3v) is 5.56. The van der Waals surface area contributed by atoms with Crippen molar-refractivity contribution in [3.63, 3.8) is 0 Å². The van der Waals surface area contributed by atoms with Gasteiger partial charge in [0.05, 0.1) is 5.75 Å². The van der Waals surface area contributed by atoms with Gasteiger partial charge in [-0.1, -0.05) is 45.1 Å². The lowest BCUT2D eigenvalue weighted by atomic mass is 10.3. The number of anilines is 2. The number of thioether (sulfide) groups is 1. The van der Waals surface area contributed by atoms with Crippen molar-refractivity contribution in [2.75, 3.05) is 17.6 Å². The molecule has 1 heterocycles. The van der Waals surface area contributed by atoms with Crippen LogP contribution < -0.4 is 10.6 Å². The van der Waals surface area contributed by atoms with Gasteiger partial charge in [0.25, 0.3) is 0 Å². The number of nitrogens with zero attached hydrogens (tertiary/aromatic N) is 2. The number of hydrogen-bond donors (Lipinski definition) is 2. The molecule has 5 nitrogen and oxygen atoms in total.